The number of hydrogen-bond acceptors (Lipinski definition) is 3. The number of nitrogens with two attached hydrogens (primary N) is 1. The SMILES string of the molecule is CC(C)(CCCN)CNS(=O)(=O)CC1CCCCC1. The van der Waals surface area contributed by atoms with E-state index in [1.165, 1.54) is 19.3 Å². The Bertz CT molecular complexity index is 346. The molecule has 1 aliphatic rings. The van der Waals surface area contributed by atoms with Crippen molar-refractivity contribution in [3.05, 3.63) is 0 Å². The molecule has 0 amide bonds. The second kappa shape index (κ2) is 7.60. The first kappa shape index (κ1) is 16.9. The van der Waals surface area contributed by atoms with Crippen molar-refractivity contribution in [3.8, 4) is 0 Å². The van der Waals surface area contributed by atoms with Crippen molar-refractivity contribution >= 4 is 10.0 Å². The average Bonchev–Trinajstić information content (AvgIpc) is 2.35. The van der Waals surface area contributed by atoms with Gasteiger partial charge in [0.05, 0.1) is 5.75 Å². The van der Waals surface area contributed by atoms with Crippen molar-refractivity contribution in [2.75, 3.05) is 18.8 Å². The van der Waals surface area contributed by atoms with E-state index in [-0.39, 0.29) is 5.41 Å². The molecule has 114 valence electrons. The molecule has 1 fully saturated rings. The molecule has 1 rings (SSSR count). The van der Waals surface area contributed by atoms with Crippen molar-refractivity contribution in [3.63, 3.8) is 0 Å². The van der Waals surface area contributed by atoms with Crippen LogP contribution in [0.3, 0.4) is 0 Å². The van der Waals surface area contributed by atoms with Gasteiger partial charge in [-0.3, -0.25) is 0 Å². The lowest BCUT2D eigenvalue weighted by Gasteiger charge is -2.26. The lowest BCUT2D eigenvalue weighted by molar-refractivity contribution is 0.325. The van der Waals surface area contributed by atoms with E-state index >= 15 is 0 Å². The molecule has 0 aromatic rings. The third-order valence-corrected chi connectivity index (χ3v) is 5.50. The molecule has 0 aliphatic heterocycles. The molecule has 0 atom stereocenters. The topological polar surface area (TPSA) is 72.2 Å². The fraction of sp³-hybridized carbons (Fsp3) is 1.00. The minimum atomic E-state index is -3.12. The van der Waals surface area contributed by atoms with Crippen LogP contribution in [0, 0.1) is 11.3 Å². The van der Waals surface area contributed by atoms with Gasteiger partial charge in [-0.1, -0.05) is 33.1 Å². The lowest BCUT2D eigenvalue weighted by atomic mass is 9.88. The molecule has 0 heterocycles. The predicted molar refractivity (Wildman–Crippen MR) is 80.4 cm³/mol. The molecular weight excluding hydrogens is 260 g/mol. The van der Waals surface area contributed by atoms with Crippen molar-refractivity contribution in [1.29, 1.82) is 0 Å². The Balaban J connectivity index is 2.37. The standard InChI is InChI=1S/C14H30N2O2S/c1-14(2,9-6-10-15)12-16-19(17,18)11-13-7-4-3-5-8-13/h13,16H,3-12,15H2,1-2H3. The summed E-state index contributed by atoms with van der Waals surface area (Å²) >= 11 is 0. The maximum Gasteiger partial charge on any atom is 0.211 e. The normalized spacial score (nSPS) is 18.7. The summed E-state index contributed by atoms with van der Waals surface area (Å²) < 4.78 is 27.0. The van der Waals surface area contributed by atoms with Crippen molar-refractivity contribution in [1.82, 2.24) is 4.72 Å². The van der Waals surface area contributed by atoms with Gasteiger partial charge in [0.25, 0.3) is 0 Å². The van der Waals surface area contributed by atoms with Gasteiger partial charge in [-0.05, 0) is 43.6 Å². The Kier molecular flexibility index (Phi) is 6.77. The predicted octanol–water partition coefficient (Wildman–Crippen LogP) is 2.25. The van der Waals surface area contributed by atoms with Crippen LogP contribution in [0.1, 0.15) is 58.8 Å². The Morgan fingerprint density at radius 2 is 1.84 bits per heavy atom. The van der Waals surface area contributed by atoms with Crippen LogP contribution in [0.4, 0.5) is 0 Å². The first-order valence-electron chi connectivity index (χ1n) is 7.52. The number of sulfonamides is 1. The third-order valence-electron chi connectivity index (χ3n) is 4.01. The highest BCUT2D eigenvalue weighted by Gasteiger charge is 2.24. The summed E-state index contributed by atoms with van der Waals surface area (Å²) in [6, 6.07) is 0. The Morgan fingerprint density at radius 1 is 1.21 bits per heavy atom. The zero-order chi connectivity index (χ0) is 14.4. The first-order valence-corrected chi connectivity index (χ1v) is 9.17. The van der Waals surface area contributed by atoms with E-state index in [2.05, 4.69) is 18.6 Å². The highest BCUT2D eigenvalue weighted by molar-refractivity contribution is 7.89. The van der Waals surface area contributed by atoms with Crippen LogP contribution < -0.4 is 10.5 Å². The molecule has 1 saturated carbocycles. The Labute approximate surface area is 118 Å². The fourth-order valence-electron chi connectivity index (χ4n) is 2.70. The highest BCUT2D eigenvalue weighted by atomic mass is 32.2. The van der Waals surface area contributed by atoms with Gasteiger partial charge in [0.2, 0.25) is 10.0 Å². The van der Waals surface area contributed by atoms with E-state index in [1.54, 1.807) is 0 Å². The van der Waals surface area contributed by atoms with Gasteiger partial charge in [0.1, 0.15) is 0 Å². The van der Waals surface area contributed by atoms with E-state index < -0.39 is 10.0 Å². The molecule has 1 aliphatic carbocycles. The van der Waals surface area contributed by atoms with Crippen molar-refractivity contribution in [2.45, 2.75) is 58.8 Å². The molecule has 0 unspecified atom stereocenters. The van der Waals surface area contributed by atoms with Gasteiger partial charge >= 0.3 is 0 Å². The summed E-state index contributed by atoms with van der Waals surface area (Å²) in [6.45, 7) is 5.36. The molecule has 0 bridgehead atoms. The van der Waals surface area contributed by atoms with E-state index in [4.69, 9.17) is 5.73 Å². The zero-order valence-corrected chi connectivity index (χ0v) is 13.3. The summed E-state index contributed by atoms with van der Waals surface area (Å²) in [7, 11) is -3.12. The largest absolute Gasteiger partial charge is 0.330 e. The first-order chi connectivity index (χ1) is 8.85. The van der Waals surface area contributed by atoms with Crippen LogP contribution in [-0.4, -0.2) is 27.3 Å². The van der Waals surface area contributed by atoms with Gasteiger partial charge in [-0.2, -0.15) is 0 Å². The summed E-state index contributed by atoms with van der Waals surface area (Å²) in [5.74, 6) is 0.665. The van der Waals surface area contributed by atoms with E-state index in [0.717, 1.165) is 25.7 Å². The molecule has 0 saturated heterocycles. The molecule has 5 heteroatoms. The molecule has 0 radical (unpaired) electrons. The average molecular weight is 290 g/mol. The molecule has 3 N–H and O–H groups in total. The van der Waals surface area contributed by atoms with E-state index in [0.29, 0.717) is 24.8 Å². The molecule has 0 aromatic carbocycles. The quantitative estimate of drug-likeness (QED) is 0.720. The van der Waals surface area contributed by atoms with Crippen LogP contribution in [0.15, 0.2) is 0 Å². The van der Waals surface area contributed by atoms with Gasteiger partial charge in [-0.25, -0.2) is 13.1 Å². The molecular formula is C14H30N2O2S. The van der Waals surface area contributed by atoms with Crippen molar-refractivity contribution < 1.29 is 8.42 Å². The van der Waals surface area contributed by atoms with Gasteiger partial charge in [-0.15, -0.1) is 0 Å². The molecule has 0 spiro atoms. The summed E-state index contributed by atoms with van der Waals surface area (Å²) in [5, 5.41) is 0. The second-order valence-corrected chi connectivity index (χ2v) is 8.51. The fourth-order valence-corrected chi connectivity index (χ4v) is 4.38. The molecule has 0 aromatic heterocycles. The van der Waals surface area contributed by atoms with Crippen LogP contribution in [0.25, 0.3) is 0 Å². The van der Waals surface area contributed by atoms with Gasteiger partial charge in [0.15, 0.2) is 0 Å². The smallest absolute Gasteiger partial charge is 0.211 e. The minimum absolute atomic E-state index is 0.0149. The number of hydrogen-bond donors (Lipinski definition) is 2. The van der Waals surface area contributed by atoms with Crippen molar-refractivity contribution in [2.24, 2.45) is 17.1 Å². The summed E-state index contributed by atoms with van der Waals surface area (Å²) in [4.78, 5) is 0. The van der Waals surface area contributed by atoms with E-state index in [9.17, 15) is 8.42 Å². The Morgan fingerprint density at radius 3 is 2.42 bits per heavy atom. The van der Waals surface area contributed by atoms with Gasteiger partial charge in [0, 0.05) is 6.54 Å². The van der Waals surface area contributed by atoms with Crippen LogP contribution in [0.5, 0.6) is 0 Å². The van der Waals surface area contributed by atoms with Crippen LogP contribution >= 0.6 is 0 Å². The minimum Gasteiger partial charge on any atom is -0.330 e. The van der Waals surface area contributed by atoms with Crippen LogP contribution in [0.2, 0.25) is 0 Å². The Hall–Kier alpha value is -0.130. The lowest BCUT2D eigenvalue weighted by Crippen LogP contribution is -2.37. The number of nitrogens with one attached hydrogen (secondary N) is 1. The van der Waals surface area contributed by atoms with Crippen LogP contribution in [-0.2, 0) is 10.0 Å². The third kappa shape index (κ3) is 7.28. The molecule has 19 heavy (non-hydrogen) atoms. The van der Waals surface area contributed by atoms with Gasteiger partial charge < -0.3 is 5.73 Å². The highest BCUT2D eigenvalue weighted by Crippen LogP contribution is 2.25. The summed E-state index contributed by atoms with van der Waals surface area (Å²) in [6.07, 6.45) is 7.65. The van der Waals surface area contributed by atoms with E-state index in [1.807, 2.05) is 0 Å². The monoisotopic (exact) mass is 290 g/mol. The summed E-state index contributed by atoms with van der Waals surface area (Å²) in [5.41, 5.74) is 5.49. The maximum atomic E-state index is 12.1. The second-order valence-electron chi connectivity index (χ2n) is 6.66. The number of rotatable bonds is 8. The maximum absolute atomic E-state index is 12.1. The molecule has 4 nitrogen and oxygen atoms in total. The zero-order valence-electron chi connectivity index (χ0n) is 12.5.